The number of H-pyrrole nitrogens is 1. The molecule has 0 amide bonds. The molecule has 1 aromatic heterocycles. The summed E-state index contributed by atoms with van der Waals surface area (Å²) in [6, 6.07) is 5.91. The van der Waals surface area contributed by atoms with Crippen LogP contribution >= 0.6 is 0 Å². The summed E-state index contributed by atoms with van der Waals surface area (Å²) >= 11 is 0. The Balaban J connectivity index is 2.67. The summed E-state index contributed by atoms with van der Waals surface area (Å²) in [5.74, 6) is 1.35. The number of aromatic nitrogens is 2. The second-order valence-electron chi connectivity index (χ2n) is 3.81. The molecule has 16 heavy (non-hydrogen) atoms. The summed E-state index contributed by atoms with van der Waals surface area (Å²) in [6.07, 6.45) is 0. The molecule has 0 aliphatic carbocycles. The molecule has 1 aromatic carbocycles. The number of nitrogens with one attached hydrogen (secondary N) is 1. The van der Waals surface area contributed by atoms with E-state index in [0.717, 1.165) is 28.1 Å². The van der Waals surface area contributed by atoms with Gasteiger partial charge in [0, 0.05) is 11.6 Å². The predicted molar refractivity (Wildman–Crippen MR) is 64.5 cm³/mol. The Labute approximate surface area is 94.4 Å². The highest BCUT2D eigenvalue weighted by Gasteiger charge is 2.13. The van der Waals surface area contributed by atoms with E-state index in [0.29, 0.717) is 5.82 Å². The minimum Gasteiger partial charge on any atom is -0.496 e. The number of nitrogen functional groups attached to an aromatic ring is 1. The Morgan fingerprint density at radius 1 is 1.25 bits per heavy atom. The maximum atomic E-state index is 5.61. The smallest absolute Gasteiger partial charge is 0.145 e. The summed E-state index contributed by atoms with van der Waals surface area (Å²) in [7, 11) is 1.67. The first kappa shape index (κ1) is 10.5. The number of benzene rings is 1. The standard InChI is InChI=1S/C12H15N3O/c1-7-4-5-8(2)12(16-3)11(7)9-6-10(13)15-14-9/h4-6H,1-3H3,(H3,13,14,15). The Hall–Kier alpha value is -1.97. The highest BCUT2D eigenvalue weighted by atomic mass is 16.5. The van der Waals surface area contributed by atoms with E-state index in [1.165, 1.54) is 0 Å². The van der Waals surface area contributed by atoms with Gasteiger partial charge in [0.15, 0.2) is 0 Å². The first-order chi connectivity index (χ1) is 7.63. The van der Waals surface area contributed by atoms with Crippen molar-refractivity contribution in [2.45, 2.75) is 13.8 Å². The van der Waals surface area contributed by atoms with Crippen LogP contribution in [0, 0.1) is 13.8 Å². The molecule has 1 heterocycles. The lowest BCUT2D eigenvalue weighted by Gasteiger charge is -2.12. The van der Waals surface area contributed by atoms with E-state index in [-0.39, 0.29) is 0 Å². The van der Waals surface area contributed by atoms with Gasteiger partial charge in [-0.2, -0.15) is 5.10 Å². The third kappa shape index (κ3) is 1.62. The summed E-state index contributed by atoms with van der Waals surface area (Å²) in [5.41, 5.74) is 9.74. The first-order valence-electron chi connectivity index (χ1n) is 5.09. The van der Waals surface area contributed by atoms with Crippen LogP contribution in [0.25, 0.3) is 11.3 Å². The van der Waals surface area contributed by atoms with Gasteiger partial charge in [0.05, 0.1) is 12.8 Å². The number of hydrogen-bond donors (Lipinski definition) is 2. The van der Waals surface area contributed by atoms with E-state index in [4.69, 9.17) is 10.5 Å². The SMILES string of the molecule is COc1c(C)ccc(C)c1-c1cc(N)n[nH]1. The maximum Gasteiger partial charge on any atom is 0.145 e. The number of aromatic amines is 1. The molecule has 0 aliphatic heterocycles. The summed E-state index contributed by atoms with van der Waals surface area (Å²) < 4.78 is 5.43. The molecule has 0 saturated heterocycles. The number of anilines is 1. The maximum absolute atomic E-state index is 5.61. The largest absolute Gasteiger partial charge is 0.496 e. The molecule has 0 atom stereocenters. The number of hydrogen-bond acceptors (Lipinski definition) is 3. The van der Waals surface area contributed by atoms with Gasteiger partial charge in [-0.3, -0.25) is 5.10 Å². The van der Waals surface area contributed by atoms with Gasteiger partial charge >= 0.3 is 0 Å². The zero-order chi connectivity index (χ0) is 11.7. The van der Waals surface area contributed by atoms with Crippen LogP contribution in [-0.4, -0.2) is 17.3 Å². The van der Waals surface area contributed by atoms with Gasteiger partial charge in [-0.25, -0.2) is 0 Å². The molecule has 0 unspecified atom stereocenters. The van der Waals surface area contributed by atoms with Gasteiger partial charge in [0.1, 0.15) is 11.6 Å². The first-order valence-corrected chi connectivity index (χ1v) is 5.09. The monoisotopic (exact) mass is 217 g/mol. The molecule has 0 aliphatic rings. The summed E-state index contributed by atoms with van der Waals surface area (Å²) in [6.45, 7) is 4.05. The number of aryl methyl sites for hydroxylation is 2. The average Bonchev–Trinajstić information content (AvgIpc) is 2.67. The fraction of sp³-hybridized carbons (Fsp3) is 0.250. The van der Waals surface area contributed by atoms with E-state index < -0.39 is 0 Å². The van der Waals surface area contributed by atoms with E-state index >= 15 is 0 Å². The van der Waals surface area contributed by atoms with Gasteiger partial charge in [-0.15, -0.1) is 0 Å². The van der Waals surface area contributed by atoms with Gasteiger partial charge in [0.2, 0.25) is 0 Å². The average molecular weight is 217 g/mol. The van der Waals surface area contributed by atoms with Crippen LogP contribution in [0.4, 0.5) is 5.82 Å². The van der Waals surface area contributed by atoms with Crippen molar-refractivity contribution in [2.24, 2.45) is 0 Å². The number of methoxy groups -OCH3 is 1. The lowest BCUT2D eigenvalue weighted by Crippen LogP contribution is -1.94. The minimum absolute atomic E-state index is 0.484. The third-order valence-corrected chi connectivity index (χ3v) is 2.63. The van der Waals surface area contributed by atoms with Gasteiger partial charge in [0.25, 0.3) is 0 Å². The van der Waals surface area contributed by atoms with Crippen molar-refractivity contribution in [3.05, 3.63) is 29.3 Å². The van der Waals surface area contributed by atoms with Crippen LogP contribution < -0.4 is 10.5 Å². The lowest BCUT2D eigenvalue weighted by atomic mass is 10.0. The van der Waals surface area contributed by atoms with Crippen molar-refractivity contribution in [3.8, 4) is 17.0 Å². The number of nitrogens with zero attached hydrogens (tertiary/aromatic N) is 1. The zero-order valence-corrected chi connectivity index (χ0v) is 9.66. The summed E-state index contributed by atoms with van der Waals surface area (Å²) in [5, 5.41) is 6.85. The molecule has 0 saturated carbocycles. The third-order valence-electron chi connectivity index (χ3n) is 2.63. The van der Waals surface area contributed by atoms with E-state index in [1.54, 1.807) is 7.11 Å². The molecule has 2 aromatic rings. The van der Waals surface area contributed by atoms with Crippen molar-refractivity contribution in [2.75, 3.05) is 12.8 Å². The molecule has 0 radical (unpaired) electrons. The minimum atomic E-state index is 0.484. The molecule has 84 valence electrons. The molecular formula is C12H15N3O. The Morgan fingerprint density at radius 2 is 1.94 bits per heavy atom. The highest BCUT2D eigenvalue weighted by molar-refractivity contribution is 5.74. The van der Waals surface area contributed by atoms with Crippen LogP contribution in [0.5, 0.6) is 5.75 Å². The molecule has 4 nitrogen and oxygen atoms in total. The van der Waals surface area contributed by atoms with E-state index in [9.17, 15) is 0 Å². The quantitative estimate of drug-likeness (QED) is 0.811. The molecule has 3 N–H and O–H groups in total. The fourth-order valence-corrected chi connectivity index (χ4v) is 1.85. The zero-order valence-electron chi connectivity index (χ0n) is 9.66. The molecule has 2 rings (SSSR count). The molecule has 4 heteroatoms. The molecule has 0 spiro atoms. The van der Waals surface area contributed by atoms with Crippen LogP contribution in [0.2, 0.25) is 0 Å². The molecule has 0 bridgehead atoms. The highest BCUT2D eigenvalue weighted by Crippen LogP contribution is 2.35. The lowest BCUT2D eigenvalue weighted by molar-refractivity contribution is 0.413. The van der Waals surface area contributed by atoms with Crippen molar-refractivity contribution in [3.63, 3.8) is 0 Å². The number of nitrogens with two attached hydrogens (primary N) is 1. The van der Waals surface area contributed by atoms with Crippen LogP contribution in [0.1, 0.15) is 11.1 Å². The van der Waals surface area contributed by atoms with E-state index in [1.807, 2.05) is 26.0 Å². The van der Waals surface area contributed by atoms with Gasteiger partial charge in [-0.05, 0) is 25.0 Å². The van der Waals surface area contributed by atoms with Crippen molar-refractivity contribution in [1.29, 1.82) is 0 Å². The number of ether oxygens (including phenoxy) is 1. The Morgan fingerprint density at radius 3 is 2.50 bits per heavy atom. The van der Waals surface area contributed by atoms with Crippen LogP contribution in [-0.2, 0) is 0 Å². The van der Waals surface area contributed by atoms with Crippen LogP contribution in [0.15, 0.2) is 18.2 Å². The number of rotatable bonds is 2. The predicted octanol–water partition coefficient (Wildman–Crippen LogP) is 2.28. The van der Waals surface area contributed by atoms with E-state index in [2.05, 4.69) is 16.3 Å². The van der Waals surface area contributed by atoms with Gasteiger partial charge < -0.3 is 10.5 Å². The fourth-order valence-electron chi connectivity index (χ4n) is 1.85. The van der Waals surface area contributed by atoms with Gasteiger partial charge in [-0.1, -0.05) is 12.1 Å². The second kappa shape index (κ2) is 3.89. The van der Waals surface area contributed by atoms with Crippen LogP contribution in [0.3, 0.4) is 0 Å². The molecular weight excluding hydrogens is 202 g/mol. The van der Waals surface area contributed by atoms with Crippen molar-refractivity contribution in [1.82, 2.24) is 10.2 Å². The Kier molecular flexibility index (Phi) is 2.56. The Bertz CT molecular complexity index is 517. The van der Waals surface area contributed by atoms with Crippen molar-refractivity contribution >= 4 is 5.82 Å². The molecule has 0 fully saturated rings. The second-order valence-corrected chi connectivity index (χ2v) is 3.81. The summed E-state index contributed by atoms with van der Waals surface area (Å²) in [4.78, 5) is 0. The van der Waals surface area contributed by atoms with Crippen molar-refractivity contribution < 1.29 is 4.74 Å². The normalized spacial score (nSPS) is 10.4. The topological polar surface area (TPSA) is 63.9 Å².